The average molecular weight is 278 g/mol. The van der Waals surface area contributed by atoms with Crippen LogP contribution in [0.5, 0.6) is 0 Å². The lowest BCUT2D eigenvalue weighted by molar-refractivity contribution is 0.400. The Morgan fingerprint density at radius 1 is 1.15 bits per heavy atom. The molecule has 0 aliphatic carbocycles. The molecule has 1 heterocycles. The van der Waals surface area contributed by atoms with Crippen molar-refractivity contribution in [1.29, 1.82) is 0 Å². The monoisotopic (exact) mass is 278 g/mol. The van der Waals surface area contributed by atoms with Gasteiger partial charge in [0.15, 0.2) is 0 Å². The van der Waals surface area contributed by atoms with Gasteiger partial charge >= 0.3 is 0 Å². The summed E-state index contributed by atoms with van der Waals surface area (Å²) in [6, 6.07) is 4.35. The number of nitrogens with one attached hydrogen (secondary N) is 1. The van der Waals surface area contributed by atoms with Crippen LogP contribution in [-0.4, -0.2) is 50.2 Å². The number of hydrogen-bond acceptors (Lipinski definition) is 4. The van der Waals surface area contributed by atoms with Crippen molar-refractivity contribution in [3.8, 4) is 0 Å². The van der Waals surface area contributed by atoms with E-state index < -0.39 is 0 Å². The van der Waals surface area contributed by atoms with Crippen molar-refractivity contribution in [2.45, 2.75) is 33.7 Å². The Kier molecular flexibility index (Phi) is 7.55. The highest BCUT2D eigenvalue weighted by Gasteiger charge is 2.08. The molecular weight excluding hydrogens is 248 g/mol. The molecule has 0 aromatic carbocycles. The minimum atomic E-state index is 0.905. The van der Waals surface area contributed by atoms with Crippen molar-refractivity contribution in [2.75, 3.05) is 45.2 Å². The summed E-state index contributed by atoms with van der Waals surface area (Å²) in [4.78, 5) is 9.35. The Morgan fingerprint density at radius 3 is 2.45 bits per heavy atom. The van der Waals surface area contributed by atoms with Crippen LogP contribution in [0.4, 0.5) is 5.82 Å². The maximum atomic E-state index is 4.77. The summed E-state index contributed by atoms with van der Waals surface area (Å²) in [7, 11) is 4.24. The first-order valence-electron chi connectivity index (χ1n) is 7.65. The zero-order valence-electron chi connectivity index (χ0n) is 13.7. The molecule has 1 N–H and O–H groups in total. The number of pyridine rings is 1. The van der Waals surface area contributed by atoms with Crippen LogP contribution in [0.25, 0.3) is 0 Å². The van der Waals surface area contributed by atoms with Gasteiger partial charge in [-0.1, -0.05) is 13.0 Å². The third-order valence-electron chi connectivity index (χ3n) is 3.49. The Morgan fingerprint density at radius 2 is 1.90 bits per heavy atom. The molecule has 0 saturated heterocycles. The van der Waals surface area contributed by atoms with Gasteiger partial charge in [-0.25, -0.2) is 4.98 Å². The van der Waals surface area contributed by atoms with Gasteiger partial charge in [-0.2, -0.15) is 0 Å². The summed E-state index contributed by atoms with van der Waals surface area (Å²) in [5.74, 6) is 1.10. The largest absolute Gasteiger partial charge is 0.357 e. The fourth-order valence-corrected chi connectivity index (χ4v) is 2.21. The molecule has 1 aromatic heterocycles. The van der Waals surface area contributed by atoms with Crippen LogP contribution < -0.4 is 10.2 Å². The molecule has 0 saturated carbocycles. The van der Waals surface area contributed by atoms with E-state index in [0.29, 0.717) is 0 Å². The Balaban J connectivity index is 2.65. The first-order valence-corrected chi connectivity index (χ1v) is 7.65. The first-order chi connectivity index (χ1) is 9.58. The van der Waals surface area contributed by atoms with Crippen molar-refractivity contribution in [3.05, 3.63) is 23.4 Å². The standard InChI is InChI=1S/C16H30N4/c1-6-17-13-15-9-10-16(18-14(15)3)20(7-2)12-8-11-19(4)5/h9-10,17H,6-8,11-13H2,1-5H3. The molecule has 4 heteroatoms. The van der Waals surface area contributed by atoms with Crippen LogP contribution in [0.15, 0.2) is 12.1 Å². The number of hydrogen-bond donors (Lipinski definition) is 1. The van der Waals surface area contributed by atoms with Crippen molar-refractivity contribution < 1.29 is 0 Å². The minimum Gasteiger partial charge on any atom is -0.357 e. The number of anilines is 1. The van der Waals surface area contributed by atoms with Crippen LogP contribution >= 0.6 is 0 Å². The number of aromatic nitrogens is 1. The highest BCUT2D eigenvalue weighted by Crippen LogP contribution is 2.15. The second kappa shape index (κ2) is 8.93. The number of nitrogens with zero attached hydrogens (tertiary/aromatic N) is 3. The molecule has 0 bridgehead atoms. The first kappa shape index (κ1) is 16.9. The van der Waals surface area contributed by atoms with E-state index in [-0.39, 0.29) is 0 Å². The Bertz CT molecular complexity index is 390. The third kappa shape index (κ3) is 5.47. The summed E-state index contributed by atoms with van der Waals surface area (Å²) >= 11 is 0. The summed E-state index contributed by atoms with van der Waals surface area (Å²) in [6.45, 7) is 11.5. The topological polar surface area (TPSA) is 31.4 Å². The molecule has 114 valence electrons. The van der Waals surface area contributed by atoms with E-state index in [2.05, 4.69) is 62.1 Å². The average Bonchev–Trinajstić information content (AvgIpc) is 2.42. The van der Waals surface area contributed by atoms with Crippen LogP contribution in [0.2, 0.25) is 0 Å². The fraction of sp³-hybridized carbons (Fsp3) is 0.688. The second-order valence-electron chi connectivity index (χ2n) is 5.43. The molecule has 0 radical (unpaired) electrons. The molecule has 1 rings (SSSR count). The Labute approximate surface area is 124 Å². The molecule has 0 aliphatic rings. The lowest BCUT2D eigenvalue weighted by Crippen LogP contribution is -2.28. The van der Waals surface area contributed by atoms with Crippen LogP contribution in [0.3, 0.4) is 0 Å². The highest BCUT2D eigenvalue weighted by atomic mass is 15.2. The molecule has 1 aromatic rings. The zero-order valence-corrected chi connectivity index (χ0v) is 13.7. The van der Waals surface area contributed by atoms with E-state index >= 15 is 0 Å². The molecule has 0 unspecified atom stereocenters. The van der Waals surface area contributed by atoms with E-state index in [9.17, 15) is 0 Å². The van der Waals surface area contributed by atoms with E-state index in [4.69, 9.17) is 4.98 Å². The molecule has 0 aliphatic heterocycles. The van der Waals surface area contributed by atoms with Crippen LogP contribution in [-0.2, 0) is 6.54 Å². The number of rotatable bonds is 9. The zero-order chi connectivity index (χ0) is 15.0. The second-order valence-corrected chi connectivity index (χ2v) is 5.43. The van der Waals surface area contributed by atoms with E-state index in [1.165, 1.54) is 12.0 Å². The summed E-state index contributed by atoms with van der Waals surface area (Å²) < 4.78 is 0. The maximum absolute atomic E-state index is 4.77. The fourth-order valence-electron chi connectivity index (χ4n) is 2.21. The summed E-state index contributed by atoms with van der Waals surface area (Å²) in [5.41, 5.74) is 2.43. The van der Waals surface area contributed by atoms with E-state index in [0.717, 1.165) is 44.2 Å². The van der Waals surface area contributed by atoms with Gasteiger partial charge in [0.1, 0.15) is 5.82 Å². The molecule has 0 fully saturated rings. The molecule has 0 amide bonds. The van der Waals surface area contributed by atoms with Crippen molar-refractivity contribution in [3.63, 3.8) is 0 Å². The van der Waals surface area contributed by atoms with Gasteiger partial charge in [0.25, 0.3) is 0 Å². The van der Waals surface area contributed by atoms with Gasteiger partial charge in [-0.3, -0.25) is 0 Å². The van der Waals surface area contributed by atoms with Crippen molar-refractivity contribution in [2.24, 2.45) is 0 Å². The van der Waals surface area contributed by atoms with E-state index in [1.807, 2.05) is 0 Å². The third-order valence-corrected chi connectivity index (χ3v) is 3.49. The van der Waals surface area contributed by atoms with Gasteiger partial charge in [0.2, 0.25) is 0 Å². The van der Waals surface area contributed by atoms with Crippen LogP contribution in [0, 0.1) is 6.92 Å². The molecule has 0 atom stereocenters. The lowest BCUT2D eigenvalue weighted by atomic mass is 10.2. The van der Waals surface area contributed by atoms with Gasteiger partial charge in [-0.15, -0.1) is 0 Å². The van der Waals surface area contributed by atoms with E-state index in [1.54, 1.807) is 0 Å². The van der Waals surface area contributed by atoms with Gasteiger partial charge in [0.05, 0.1) is 0 Å². The quantitative estimate of drug-likeness (QED) is 0.751. The number of aryl methyl sites for hydroxylation is 1. The lowest BCUT2D eigenvalue weighted by Gasteiger charge is -2.23. The predicted octanol–water partition coefficient (Wildman–Crippen LogP) is 2.28. The van der Waals surface area contributed by atoms with Crippen LogP contribution in [0.1, 0.15) is 31.5 Å². The van der Waals surface area contributed by atoms with Crippen molar-refractivity contribution in [1.82, 2.24) is 15.2 Å². The molecule has 0 spiro atoms. The molecule has 4 nitrogen and oxygen atoms in total. The van der Waals surface area contributed by atoms with Gasteiger partial charge in [-0.05, 0) is 59.1 Å². The predicted molar refractivity (Wildman–Crippen MR) is 87.4 cm³/mol. The van der Waals surface area contributed by atoms with Gasteiger partial charge < -0.3 is 15.1 Å². The van der Waals surface area contributed by atoms with Gasteiger partial charge in [0, 0.05) is 25.3 Å². The smallest absolute Gasteiger partial charge is 0.128 e. The minimum absolute atomic E-state index is 0.905. The summed E-state index contributed by atoms with van der Waals surface area (Å²) in [5, 5.41) is 3.36. The molecular formula is C16H30N4. The normalized spacial score (nSPS) is 11.1. The summed E-state index contributed by atoms with van der Waals surface area (Å²) in [6.07, 6.45) is 1.17. The maximum Gasteiger partial charge on any atom is 0.128 e. The molecule has 20 heavy (non-hydrogen) atoms. The Hall–Kier alpha value is -1.13. The SMILES string of the molecule is CCNCc1ccc(N(CC)CCCN(C)C)nc1C. The van der Waals surface area contributed by atoms with Crippen molar-refractivity contribution >= 4 is 5.82 Å². The highest BCUT2D eigenvalue weighted by molar-refractivity contribution is 5.41.